The van der Waals surface area contributed by atoms with Crippen LogP contribution in [-0.2, 0) is 100 Å². The number of aliphatic hydroxyl groups excluding tert-OH is 10. The lowest BCUT2D eigenvalue weighted by Crippen LogP contribution is -2.64. The molecule has 5 rings (SSSR count). The molecule has 43 heteroatoms. The number of amides is 11. The highest BCUT2D eigenvalue weighted by Gasteiger charge is 2.49. The minimum atomic E-state index is -1.47. The Morgan fingerprint density at radius 1 is 0.381 bits per heavy atom. The van der Waals surface area contributed by atoms with Crippen molar-refractivity contribution in [2.45, 2.75) is 330 Å². The second-order valence-electron chi connectivity index (χ2n) is 33.8. The van der Waals surface area contributed by atoms with E-state index >= 15 is 0 Å². The molecule has 0 aromatic rings. The van der Waals surface area contributed by atoms with Crippen molar-refractivity contribution in [3.8, 4) is 0 Å². The average Bonchev–Trinajstić information content (AvgIpc) is 1.26. The number of hydrogen-bond acceptors (Lipinski definition) is 32. The molecule has 5 saturated heterocycles. The van der Waals surface area contributed by atoms with Crippen LogP contribution in [0.3, 0.4) is 0 Å². The first-order valence-electron chi connectivity index (χ1n) is 44.7. The minimum absolute atomic E-state index is 0.0239. The molecule has 726 valence electrons. The topological polar surface area (TPSA) is 615 Å². The van der Waals surface area contributed by atoms with E-state index < -0.39 is 178 Å². The van der Waals surface area contributed by atoms with E-state index in [1.54, 1.807) is 0 Å². The largest absolute Gasteiger partial charge is 0.450 e. The number of carbonyl (C=O) groups is 11. The van der Waals surface area contributed by atoms with Crippen LogP contribution in [0.15, 0.2) is 0 Å². The van der Waals surface area contributed by atoms with Gasteiger partial charge in [0.1, 0.15) is 91.4 Å². The number of rotatable bonds is 61. The standard InChI is InChI=1S/C83H147N11O32/c1-51(98)90-68-74(112)71(109)57(46-95)124-79(68)119-36-17-13-23-61(102)84-30-20-33-87-64(105)27-40-116-50-60-78(118-42-29-66(107)89-35-22-32-86-63(104)25-15-19-38-121-81-70(92-53(3)100)76(114)73(111)59(48-97)126-81)77(56(49-123-60)93-82(115)122-39-16-11-9-7-8-10-12-26-67(108)94-45-55(101)43-54(94)44-83(4,5)6)117-41-28-65(106)88-34-21-31-85-62(103)24-14-18-37-120-80-69(91-52(2)99)75(113)72(110)58(47-96)125-80/h54-60,68-81,95-97,101,109-114H,7-50H2,1-6H3,(H,84,102)(H,85,103)(H,86,104)(H,87,105)(H,88,106)(H,89,107)(H,90,98)(H,91,99)(H,92,100)(H,93,115)/t54-,55+,56-,57+,58+,59+,60+,68+,69+,70+,71-,72-,73-,74+,75+,76+,77+,78+,79+,80+,81+/m0/s1. The van der Waals surface area contributed by atoms with Crippen molar-refractivity contribution in [2.24, 2.45) is 5.41 Å². The SMILES string of the molecule is CC(=O)N[C@H]1[C@H](OCCCCC(=O)NCCCNC(=O)CCOC[C@H]2OC[C@H](NC(=O)OCCCCCCCCCC(=O)N3C[C@H](O)C[C@H]3CC(C)(C)C)[C@@H](OCCC(=O)NCCCNC(=O)CCCCO[C@@H]3O[C@H](CO)[C@H](O)[C@H](O)[C@H]3NC(C)=O)[C@@H]2OCCC(=O)NCCCNC(=O)CCCCO[C@@H]2O[C@H](CO)[C@H](O)[C@H](O)[C@H]2NC(C)=O)O[C@H](CO)[C@H](O)[C@@H]1O. The summed E-state index contributed by atoms with van der Waals surface area (Å²) < 4.78 is 64.8. The van der Waals surface area contributed by atoms with E-state index in [4.69, 9.17) is 52.1 Å². The van der Waals surface area contributed by atoms with Crippen molar-refractivity contribution in [1.82, 2.24) is 58.1 Å². The lowest BCUT2D eigenvalue weighted by atomic mass is 9.87. The maximum atomic E-state index is 13.7. The molecule has 0 aromatic heterocycles. The Hall–Kier alpha value is -6.83. The van der Waals surface area contributed by atoms with E-state index in [0.717, 1.165) is 44.9 Å². The molecule has 5 aliphatic rings. The fraction of sp³-hybridized carbons (Fsp3) is 0.867. The second-order valence-corrected chi connectivity index (χ2v) is 33.8. The third kappa shape index (κ3) is 42.4. The quantitative estimate of drug-likeness (QED) is 0.0260. The van der Waals surface area contributed by atoms with Crippen molar-refractivity contribution < 1.29 is 156 Å². The second kappa shape index (κ2) is 60.9. The number of carbonyl (C=O) groups excluding carboxylic acids is 11. The van der Waals surface area contributed by atoms with E-state index in [1.165, 1.54) is 20.8 Å². The van der Waals surface area contributed by atoms with Gasteiger partial charge >= 0.3 is 6.09 Å². The summed E-state index contributed by atoms with van der Waals surface area (Å²) in [5.41, 5.74) is 0.0239. The molecule has 126 heavy (non-hydrogen) atoms. The van der Waals surface area contributed by atoms with E-state index in [2.05, 4.69) is 73.9 Å². The summed E-state index contributed by atoms with van der Waals surface area (Å²) >= 11 is 0. The molecule has 0 aliphatic carbocycles. The number of nitrogens with one attached hydrogen (secondary N) is 10. The number of nitrogens with zero attached hydrogens (tertiary/aromatic N) is 1. The Bertz CT molecular complexity index is 3210. The van der Waals surface area contributed by atoms with Gasteiger partial charge in [-0.05, 0) is 88.9 Å². The first kappa shape index (κ1) is 110. The molecule has 0 aromatic carbocycles. The van der Waals surface area contributed by atoms with E-state index in [9.17, 15) is 104 Å². The number of unbranched alkanes of at least 4 members (excludes halogenated alkanes) is 9. The van der Waals surface area contributed by atoms with Crippen LogP contribution in [0.4, 0.5) is 4.79 Å². The first-order chi connectivity index (χ1) is 60.2. The number of likely N-dealkylation sites (tertiary alicyclic amines) is 1. The number of aliphatic hydroxyl groups is 10. The first-order valence-corrected chi connectivity index (χ1v) is 44.7. The predicted molar refractivity (Wildman–Crippen MR) is 447 cm³/mol. The summed E-state index contributed by atoms with van der Waals surface area (Å²) in [5, 5.41) is 129. The molecule has 21 atom stereocenters. The van der Waals surface area contributed by atoms with Gasteiger partial charge in [-0.1, -0.05) is 52.9 Å². The number of ether oxygens (including phenoxy) is 11. The molecule has 0 unspecified atom stereocenters. The Labute approximate surface area is 737 Å². The van der Waals surface area contributed by atoms with Gasteiger partial charge in [-0.2, -0.15) is 0 Å². The summed E-state index contributed by atoms with van der Waals surface area (Å²) in [6.45, 7) is 9.30. The Morgan fingerprint density at radius 2 is 0.730 bits per heavy atom. The van der Waals surface area contributed by atoms with Crippen LogP contribution >= 0.6 is 0 Å². The van der Waals surface area contributed by atoms with Gasteiger partial charge < -0.3 is 161 Å². The molecule has 11 amide bonds. The van der Waals surface area contributed by atoms with Crippen molar-refractivity contribution in [3.05, 3.63) is 0 Å². The maximum absolute atomic E-state index is 13.7. The molecule has 5 aliphatic heterocycles. The minimum Gasteiger partial charge on any atom is -0.450 e. The molecule has 0 bridgehead atoms. The summed E-state index contributed by atoms with van der Waals surface area (Å²) in [7, 11) is 0. The third-order valence-electron chi connectivity index (χ3n) is 21.7. The molecule has 5 heterocycles. The average molecular weight is 1810 g/mol. The van der Waals surface area contributed by atoms with Gasteiger partial charge in [-0.15, -0.1) is 0 Å². The summed E-state index contributed by atoms with van der Waals surface area (Å²) in [6.07, 6.45) is -9.28. The van der Waals surface area contributed by atoms with Gasteiger partial charge in [-0.25, -0.2) is 4.79 Å². The lowest BCUT2D eigenvalue weighted by molar-refractivity contribution is -0.270. The zero-order chi connectivity index (χ0) is 92.5. The van der Waals surface area contributed by atoms with Crippen LogP contribution in [-0.4, -0.2) is 375 Å². The highest BCUT2D eigenvalue weighted by molar-refractivity contribution is 5.79. The Kier molecular flexibility index (Phi) is 53.0. The summed E-state index contributed by atoms with van der Waals surface area (Å²) in [6, 6.07) is -4.23. The molecule has 0 radical (unpaired) electrons. The summed E-state index contributed by atoms with van der Waals surface area (Å²) in [5.74, 6) is -3.39. The zero-order valence-corrected chi connectivity index (χ0v) is 74.1. The third-order valence-corrected chi connectivity index (χ3v) is 21.7. The van der Waals surface area contributed by atoms with Crippen LogP contribution in [0.1, 0.15) is 202 Å². The highest BCUT2D eigenvalue weighted by Crippen LogP contribution is 2.32. The molecular formula is C83H147N11O32. The lowest BCUT2D eigenvalue weighted by Gasteiger charge is -2.42. The van der Waals surface area contributed by atoms with Crippen molar-refractivity contribution >= 4 is 65.2 Å². The van der Waals surface area contributed by atoms with E-state index in [1.807, 2.05) is 4.90 Å². The van der Waals surface area contributed by atoms with Crippen molar-refractivity contribution in [2.75, 3.05) is 125 Å². The van der Waals surface area contributed by atoms with Gasteiger partial charge in [0.15, 0.2) is 18.9 Å². The molecule has 20 N–H and O–H groups in total. The number of hydrogen-bond donors (Lipinski definition) is 20. The van der Waals surface area contributed by atoms with Crippen LogP contribution in [0, 0.1) is 5.41 Å². The molecular weight excluding hydrogens is 1660 g/mol. The van der Waals surface area contributed by atoms with Crippen LogP contribution in [0.5, 0.6) is 0 Å². The van der Waals surface area contributed by atoms with E-state index in [-0.39, 0.29) is 178 Å². The molecule has 43 nitrogen and oxygen atoms in total. The molecule has 0 spiro atoms. The Balaban J connectivity index is 1.13. The number of β-amino-alcohol motifs (C(OH)–C–C–N with tert-alkyl or cyclic N) is 1. The maximum Gasteiger partial charge on any atom is 0.407 e. The van der Waals surface area contributed by atoms with Gasteiger partial charge in [0, 0.05) is 137 Å². The van der Waals surface area contributed by atoms with E-state index in [0.29, 0.717) is 83.6 Å². The fourth-order valence-electron chi connectivity index (χ4n) is 15.1. The zero-order valence-electron chi connectivity index (χ0n) is 74.1. The smallest absolute Gasteiger partial charge is 0.407 e. The van der Waals surface area contributed by atoms with Gasteiger partial charge in [-0.3, -0.25) is 47.9 Å². The highest BCUT2D eigenvalue weighted by atomic mass is 16.7. The van der Waals surface area contributed by atoms with Crippen LogP contribution in [0.25, 0.3) is 0 Å². The van der Waals surface area contributed by atoms with Crippen molar-refractivity contribution in [3.63, 3.8) is 0 Å². The predicted octanol–water partition coefficient (Wildman–Crippen LogP) is -3.78. The van der Waals surface area contributed by atoms with Gasteiger partial charge in [0.2, 0.25) is 59.1 Å². The van der Waals surface area contributed by atoms with Crippen molar-refractivity contribution in [1.29, 1.82) is 0 Å². The van der Waals surface area contributed by atoms with Crippen LogP contribution < -0.4 is 53.2 Å². The van der Waals surface area contributed by atoms with Gasteiger partial charge in [0.05, 0.1) is 71.6 Å². The monoisotopic (exact) mass is 1810 g/mol. The van der Waals surface area contributed by atoms with Crippen LogP contribution in [0.2, 0.25) is 0 Å². The fourth-order valence-corrected chi connectivity index (χ4v) is 15.1. The molecule has 0 saturated carbocycles. The molecule has 5 fully saturated rings. The summed E-state index contributed by atoms with van der Waals surface area (Å²) in [4.78, 5) is 142. The van der Waals surface area contributed by atoms with Gasteiger partial charge in [0.25, 0.3) is 0 Å². The number of alkyl carbamates (subject to hydrolysis) is 1. The Morgan fingerprint density at radius 3 is 1.11 bits per heavy atom. The normalized spacial score (nSPS) is 27.3.